The van der Waals surface area contributed by atoms with Crippen molar-refractivity contribution in [3.05, 3.63) is 30.1 Å². The number of carbonyl (C=O) groups is 1. The highest BCUT2D eigenvalue weighted by Gasteiger charge is 2.10. The van der Waals surface area contributed by atoms with Gasteiger partial charge in [0.05, 0.1) is 6.61 Å². The summed E-state index contributed by atoms with van der Waals surface area (Å²) in [6.45, 7) is 3.79. The molecule has 0 heterocycles. The van der Waals surface area contributed by atoms with Gasteiger partial charge >= 0.3 is 0 Å². The Labute approximate surface area is 119 Å². The van der Waals surface area contributed by atoms with Crippen LogP contribution in [0.25, 0.3) is 0 Å². The van der Waals surface area contributed by atoms with Gasteiger partial charge in [-0.1, -0.05) is 6.92 Å². The van der Waals surface area contributed by atoms with Crippen molar-refractivity contribution in [1.82, 2.24) is 10.6 Å². The Bertz CT molecular complexity index is 395. The van der Waals surface area contributed by atoms with Gasteiger partial charge in [-0.2, -0.15) is 0 Å². The largest absolute Gasteiger partial charge is 0.494 e. The van der Waals surface area contributed by atoms with Crippen molar-refractivity contribution in [3.63, 3.8) is 0 Å². The molecule has 2 N–H and O–H groups in total. The van der Waals surface area contributed by atoms with Gasteiger partial charge in [0.25, 0.3) is 0 Å². The van der Waals surface area contributed by atoms with E-state index in [4.69, 9.17) is 4.74 Å². The fourth-order valence-corrected chi connectivity index (χ4v) is 1.73. The SMILES string of the molecule is CNCC(C)C(=O)NCCCCOc1ccc(F)cc1. The number of unbranched alkanes of at least 4 members (excludes halogenated alkanes) is 1. The van der Waals surface area contributed by atoms with E-state index in [1.54, 1.807) is 12.1 Å². The Morgan fingerprint density at radius 3 is 2.65 bits per heavy atom. The Hall–Kier alpha value is -1.62. The van der Waals surface area contributed by atoms with Crippen LogP contribution in [0.5, 0.6) is 5.75 Å². The number of hydrogen-bond donors (Lipinski definition) is 2. The molecule has 0 fully saturated rings. The highest BCUT2D eigenvalue weighted by atomic mass is 19.1. The number of hydrogen-bond acceptors (Lipinski definition) is 3. The second-order valence-corrected chi connectivity index (χ2v) is 4.76. The summed E-state index contributed by atoms with van der Waals surface area (Å²) in [7, 11) is 1.83. The molecular weight excluding hydrogens is 259 g/mol. The first-order chi connectivity index (χ1) is 9.63. The van der Waals surface area contributed by atoms with Gasteiger partial charge in [-0.05, 0) is 44.2 Å². The zero-order valence-electron chi connectivity index (χ0n) is 12.1. The fraction of sp³-hybridized carbons (Fsp3) is 0.533. The van der Waals surface area contributed by atoms with E-state index in [0.29, 0.717) is 25.4 Å². The molecule has 0 aliphatic carbocycles. The van der Waals surface area contributed by atoms with Gasteiger partial charge in [0, 0.05) is 19.0 Å². The average Bonchev–Trinajstić information content (AvgIpc) is 2.44. The molecule has 1 aromatic rings. The van der Waals surface area contributed by atoms with E-state index in [0.717, 1.165) is 12.8 Å². The van der Waals surface area contributed by atoms with Crippen LogP contribution in [0.4, 0.5) is 4.39 Å². The number of rotatable bonds is 9. The van der Waals surface area contributed by atoms with Crippen LogP contribution in [-0.4, -0.2) is 32.7 Å². The van der Waals surface area contributed by atoms with Crippen LogP contribution in [0.2, 0.25) is 0 Å². The zero-order chi connectivity index (χ0) is 14.8. The van der Waals surface area contributed by atoms with Crippen LogP contribution in [0.1, 0.15) is 19.8 Å². The van der Waals surface area contributed by atoms with E-state index in [1.165, 1.54) is 12.1 Å². The van der Waals surface area contributed by atoms with Crippen LogP contribution in [0, 0.1) is 11.7 Å². The second kappa shape index (κ2) is 9.31. The first-order valence-electron chi connectivity index (χ1n) is 6.94. The summed E-state index contributed by atoms with van der Waals surface area (Å²) < 4.78 is 18.1. The molecule has 1 unspecified atom stereocenters. The van der Waals surface area contributed by atoms with E-state index in [-0.39, 0.29) is 17.6 Å². The highest BCUT2D eigenvalue weighted by molar-refractivity contribution is 5.78. The molecule has 112 valence electrons. The summed E-state index contributed by atoms with van der Waals surface area (Å²) in [5, 5.41) is 5.86. The minimum absolute atomic E-state index is 0.0181. The van der Waals surface area contributed by atoms with Crippen LogP contribution in [-0.2, 0) is 4.79 Å². The number of amides is 1. The van der Waals surface area contributed by atoms with Crippen LogP contribution in [0.15, 0.2) is 24.3 Å². The molecule has 0 aliphatic rings. The highest BCUT2D eigenvalue weighted by Crippen LogP contribution is 2.11. The zero-order valence-corrected chi connectivity index (χ0v) is 12.1. The maximum absolute atomic E-state index is 12.7. The third kappa shape index (κ3) is 6.52. The lowest BCUT2D eigenvalue weighted by atomic mass is 10.1. The summed E-state index contributed by atoms with van der Waals surface area (Å²) >= 11 is 0. The van der Waals surface area contributed by atoms with Gasteiger partial charge in [0.2, 0.25) is 5.91 Å². The third-order valence-corrected chi connectivity index (χ3v) is 2.91. The number of ether oxygens (including phenoxy) is 1. The second-order valence-electron chi connectivity index (χ2n) is 4.76. The van der Waals surface area contributed by atoms with E-state index in [1.807, 2.05) is 14.0 Å². The number of benzene rings is 1. The predicted molar refractivity (Wildman–Crippen MR) is 77.2 cm³/mol. The lowest BCUT2D eigenvalue weighted by Gasteiger charge is -2.11. The molecule has 0 radical (unpaired) electrons. The molecule has 1 amide bonds. The Balaban J connectivity index is 2.05. The molecule has 4 nitrogen and oxygen atoms in total. The topological polar surface area (TPSA) is 50.4 Å². The van der Waals surface area contributed by atoms with Crippen LogP contribution >= 0.6 is 0 Å². The molecule has 0 aromatic heterocycles. The molecule has 5 heteroatoms. The monoisotopic (exact) mass is 282 g/mol. The molecular formula is C15H23FN2O2. The maximum Gasteiger partial charge on any atom is 0.224 e. The summed E-state index contributed by atoms with van der Waals surface area (Å²) in [6.07, 6.45) is 1.71. The Kier molecular flexibility index (Phi) is 7.65. The van der Waals surface area contributed by atoms with Gasteiger partial charge < -0.3 is 15.4 Å². The van der Waals surface area contributed by atoms with Crippen molar-refractivity contribution in [3.8, 4) is 5.75 Å². The number of halogens is 1. The van der Waals surface area contributed by atoms with Crippen molar-refractivity contribution in [2.45, 2.75) is 19.8 Å². The summed E-state index contributed by atoms with van der Waals surface area (Å²) in [6, 6.07) is 5.96. The number of nitrogens with one attached hydrogen (secondary N) is 2. The standard InChI is InChI=1S/C15H23FN2O2/c1-12(11-17-2)15(19)18-9-3-4-10-20-14-7-5-13(16)6-8-14/h5-8,12,17H,3-4,9-11H2,1-2H3,(H,18,19). The van der Waals surface area contributed by atoms with Crippen molar-refractivity contribution in [2.75, 3.05) is 26.7 Å². The molecule has 0 saturated heterocycles. The third-order valence-electron chi connectivity index (χ3n) is 2.91. The van der Waals surface area contributed by atoms with E-state index in [2.05, 4.69) is 10.6 Å². The molecule has 1 atom stereocenters. The summed E-state index contributed by atoms with van der Waals surface area (Å²) in [5.74, 6) is 0.447. The molecule has 20 heavy (non-hydrogen) atoms. The first kappa shape index (κ1) is 16.4. The smallest absolute Gasteiger partial charge is 0.224 e. The lowest BCUT2D eigenvalue weighted by molar-refractivity contribution is -0.124. The van der Waals surface area contributed by atoms with Gasteiger partial charge in [0.1, 0.15) is 11.6 Å². The van der Waals surface area contributed by atoms with Crippen molar-refractivity contribution in [2.24, 2.45) is 5.92 Å². The average molecular weight is 282 g/mol. The van der Waals surface area contributed by atoms with Crippen molar-refractivity contribution in [1.29, 1.82) is 0 Å². The van der Waals surface area contributed by atoms with Gasteiger partial charge in [-0.15, -0.1) is 0 Å². The van der Waals surface area contributed by atoms with E-state index >= 15 is 0 Å². The van der Waals surface area contributed by atoms with Crippen molar-refractivity contribution >= 4 is 5.91 Å². The van der Waals surface area contributed by atoms with Crippen LogP contribution in [0.3, 0.4) is 0 Å². The van der Waals surface area contributed by atoms with Crippen LogP contribution < -0.4 is 15.4 Å². The molecule has 0 bridgehead atoms. The van der Waals surface area contributed by atoms with Gasteiger partial charge in [-0.25, -0.2) is 4.39 Å². The molecule has 0 saturated carbocycles. The Morgan fingerprint density at radius 1 is 1.30 bits per heavy atom. The van der Waals surface area contributed by atoms with E-state index in [9.17, 15) is 9.18 Å². The fourth-order valence-electron chi connectivity index (χ4n) is 1.73. The molecule has 1 rings (SSSR count). The molecule has 0 aliphatic heterocycles. The normalized spacial score (nSPS) is 11.9. The molecule has 1 aromatic carbocycles. The molecule has 0 spiro atoms. The van der Waals surface area contributed by atoms with E-state index < -0.39 is 0 Å². The number of carbonyl (C=O) groups excluding carboxylic acids is 1. The summed E-state index contributed by atoms with van der Waals surface area (Å²) in [5.41, 5.74) is 0. The minimum Gasteiger partial charge on any atom is -0.494 e. The lowest BCUT2D eigenvalue weighted by Crippen LogP contribution is -2.34. The Morgan fingerprint density at radius 2 is 2.00 bits per heavy atom. The maximum atomic E-state index is 12.7. The van der Waals surface area contributed by atoms with Gasteiger partial charge in [0.15, 0.2) is 0 Å². The first-order valence-corrected chi connectivity index (χ1v) is 6.94. The quantitative estimate of drug-likeness (QED) is 0.681. The predicted octanol–water partition coefficient (Wildman–Crippen LogP) is 1.96. The minimum atomic E-state index is -0.268. The van der Waals surface area contributed by atoms with Crippen molar-refractivity contribution < 1.29 is 13.9 Å². The summed E-state index contributed by atoms with van der Waals surface area (Å²) in [4.78, 5) is 11.6. The van der Waals surface area contributed by atoms with Gasteiger partial charge in [-0.3, -0.25) is 4.79 Å².